The van der Waals surface area contributed by atoms with Crippen LogP contribution in [-0.2, 0) is 10.5 Å². The molecule has 1 N–H and O–H groups in total. The van der Waals surface area contributed by atoms with Gasteiger partial charge in [0.25, 0.3) is 0 Å². The lowest BCUT2D eigenvalue weighted by atomic mass is 9.93. The summed E-state index contributed by atoms with van der Waals surface area (Å²) in [6.07, 6.45) is 0. The van der Waals surface area contributed by atoms with Crippen molar-refractivity contribution in [2.75, 3.05) is 12.9 Å². The first-order valence-electron chi connectivity index (χ1n) is 9.11. The van der Waals surface area contributed by atoms with E-state index >= 15 is 0 Å². The van der Waals surface area contributed by atoms with Gasteiger partial charge in [-0.05, 0) is 66.3 Å². The molecule has 0 spiro atoms. The Balaban J connectivity index is 1.95. The summed E-state index contributed by atoms with van der Waals surface area (Å²) in [6, 6.07) is 11.9. The quantitative estimate of drug-likeness (QED) is 0.594. The number of thioether (sulfide) groups is 1. The number of aryl methyl sites for hydroxylation is 1. The molecule has 5 heteroatoms. The number of amides is 1. The van der Waals surface area contributed by atoms with E-state index in [1.54, 1.807) is 18.9 Å². The molecule has 1 atom stereocenters. The molecule has 2 rings (SSSR count). The molecular weight excluding hydrogens is 378 g/mol. The van der Waals surface area contributed by atoms with Crippen molar-refractivity contribution >= 4 is 29.3 Å². The van der Waals surface area contributed by atoms with Gasteiger partial charge in [-0.3, -0.25) is 4.79 Å². The normalized spacial score (nSPS) is 12.1. The number of hydrogen-bond donors (Lipinski definition) is 1. The van der Waals surface area contributed by atoms with Gasteiger partial charge in [0.2, 0.25) is 5.91 Å². The van der Waals surface area contributed by atoms with E-state index in [2.05, 4.69) is 38.2 Å². The number of halogens is 1. The summed E-state index contributed by atoms with van der Waals surface area (Å²) in [5.41, 5.74) is 4.59. The SMILES string of the molecule is COc1cc(C)c([C@H](C)NC(=O)CSCc2ccc(Cl)cc2)cc1C(C)C. The first-order valence-corrected chi connectivity index (χ1v) is 10.6. The summed E-state index contributed by atoms with van der Waals surface area (Å²) in [5.74, 6) is 2.53. The van der Waals surface area contributed by atoms with Gasteiger partial charge in [-0.15, -0.1) is 11.8 Å². The Bertz CT molecular complexity index is 775. The summed E-state index contributed by atoms with van der Waals surface area (Å²) < 4.78 is 5.51. The Morgan fingerprint density at radius 3 is 2.41 bits per heavy atom. The molecule has 0 bridgehead atoms. The average molecular weight is 406 g/mol. The number of ether oxygens (including phenoxy) is 1. The second kappa shape index (κ2) is 10.0. The summed E-state index contributed by atoms with van der Waals surface area (Å²) in [6.45, 7) is 8.38. The highest BCUT2D eigenvalue weighted by molar-refractivity contribution is 7.99. The van der Waals surface area contributed by atoms with Crippen LogP contribution in [0.3, 0.4) is 0 Å². The molecule has 0 aliphatic rings. The lowest BCUT2D eigenvalue weighted by Gasteiger charge is -2.21. The van der Waals surface area contributed by atoms with Crippen LogP contribution >= 0.6 is 23.4 Å². The predicted octanol–water partition coefficient (Wildman–Crippen LogP) is 5.89. The molecule has 0 aliphatic carbocycles. The number of hydrogen-bond acceptors (Lipinski definition) is 3. The zero-order chi connectivity index (χ0) is 20.0. The first-order chi connectivity index (χ1) is 12.8. The van der Waals surface area contributed by atoms with Crippen molar-refractivity contribution in [1.29, 1.82) is 0 Å². The second-order valence-corrected chi connectivity index (χ2v) is 8.44. The molecule has 2 aromatic rings. The monoisotopic (exact) mass is 405 g/mol. The van der Waals surface area contributed by atoms with Gasteiger partial charge in [0.15, 0.2) is 0 Å². The van der Waals surface area contributed by atoms with Gasteiger partial charge in [-0.1, -0.05) is 37.6 Å². The van der Waals surface area contributed by atoms with Gasteiger partial charge in [-0.25, -0.2) is 0 Å². The molecule has 2 aromatic carbocycles. The zero-order valence-corrected chi connectivity index (χ0v) is 18.2. The van der Waals surface area contributed by atoms with Crippen molar-refractivity contribution in [1.82, 2.24) is 5.32 Å². The molecular formula is C22H28ClNO2S. The third-order valence-corrected chi connectivity index (χ3v) is 5.76. The Morgan fingerprint density at radius 1 is 1.15 bits per heavy atom. The fourth-order valence-electron chi connectivity index (χ4n) is 3.01. The molecule has 3 nitrogen and oxygen atoms in total. The van der Waals surface area contributed by atoms with E-state index in [4.69, 9.17) is 16.3 Å². The predicted molar refractivity (Wildman–Crippen MR) is 116 cm³/mol. The summed E-state index contributed by atoms with van der Waals surface area (Å²) >= 11 is 7.50. The largest absolute Gasteiger partial charge is 0.496 e. The van der Waals surface area contributed by atoms with Crippen molar-refractivity contribution in [3.63, 3.8) is 0 Å². The maximum absolute atomic E-state index is 12.3. The summed E-state index contributed by atoms with van der Waals surface area (Å²) in [4.78, 5) is 12.3. The number of nitrogens with one attached hydrogen (secondary N) is 1. The number of carbonyl (C=O) groups is 1. The third kappa shape index (κ3) is 6.18. The van der Waals surface area contributed by atoms with E-state index < -0.39 is 0 Å². The smallest absolute Gasteiger partial charge is 0.230 e. The molecule has 0 aromatic heterocycles. The highest BCUT2D eigenvalue weighted by Crippen LogP contribution is 2.32. The van der Waals surface area contributed by atoms with E-state index in [0.717, 1.165) is 38.8 Å². The minimum Gasteiger partial charge on any atom is -0.496 e. The van der Waals surface area contributed by atoms with Crippen LogP contribution in [0, 0.1) is 6.92 Å². The van der Waals surface area contributed by atoms with Gasteiger partial charge in [0.1, 0.15) is 5.75 Å². The second-order valence-electron chi connectivity index (χ2n) is 7.01. The first kappa shape index (κ1) is 21.6. The van der Waals surface area contributed by atoms with Gasteiger partial charge in [0.05, 0.1) is 18.9 Å². The highest BCUT2D eigenvalue weighted by atomic mass is 35.5. The highest BCUT2D eigenvalue weighted by Gasteiger charge is 2.16. The van der Waals surface area contributed by atoms with Crippen molar-refractivity contribution in [3.8, 4) is 5.75 Å². The van der Waals surface area contributed by atoms with E-state index in [9.17, 15) is 4.79 Å². The Hall–Kier alpha value is -1.65. The van der Waals surface area contributed by atoms with E-state index in [1.165, 1.54) is 0 Å². The van der Waals surface area contributed by atoms with Crippen molar-refractivity contribution < 1.29 is 9.53 Å². The minimum atomic E-state index is -0.0444. The molecule has 0 saturated heterocycles. The maximum atomic E-state index is 12.3. The van der Waals surface area contributed by atoms with Crippen LogP contribution in [0.2, 0.25) is 5.02 Å². The van der Waals surface area contributed by atoms with Gasteiger partial charge in [0, 0.05) is 10.8 Å². The van der Waals surface area contributed by atoms with Gasteiger partial charge >= 0.3 is 0 Å². The lowest BCUT2D eigenvalue weighted by Crippen LogP contribution is -2.28. The molecule has 146 valence electrons. The standard InChI is InChI=1S/C22H28ClNO2S/c1-14(2)19-11-20(15(3)10-21(19)26-5)16(4)24-22(25)13-27-12-17-6-8-18(23)9-7-17/h6-11,14,16H,12-13H2,1-5H3,(H,24,25)/t16-/m0/s1. The Labute approximate surface area is 171 Å². The number of benzene rings is 2. The molecule has 1 amide bonds. The summed E-state index contributed by atoms with van der Waals surface area (Å²) in [5, 5.41) is 3.84. The van der Waals surface area contributed by atoms with E-state index in [-0.39, 0.29) is 11.9 Å². The molecule has 0 radical (unpaired) electrons. The number of carbonyl (C=O) groups excluding carboxylic acids is 1. The third-order valence-electron chi connectivity index (χ3n) is 4.50. The average Bonchev–Trinajstić information content (AvgIpc) is 2.62. The fraction of sp³-hybridized carbons (Fsp3) is 0.409. The lowest BCUT2D eigenvalue weighted by molar-refractivity contribution is -0.119. The topological polar surface area (TPSA) is 38.3 Å². The molecule has 0 aliphatic heterocycles. The number of rotatable bonds is 8. The van der Waals surface area contributed by atoms with Crippen LogP contribution in [0.25, 0.3) is 0 Å². The molecule has 27 heavy (non-hydrogen) atoms. The van der Waals surface area contributed by atoms with E-state index in [1.807, 2.05) is 31.2 Å². The Morgan fingerprint density at radius 2 is 1.81 bits per heavy atom. The van der Waals surface area contributed by atoms with Gasteiger partial charge in [-0.2, -0.15) is 0 Å². The zero-order valence-electron chi connectivity index (χ0n) is 16.6. The minimum absolute atomic E-state index is 0.0442. The van der Waals surface area contributed by atoms with Gasteiger partial charge < -0.3 is 10.1 Å². The molecule has 0 heterocycles. The van der Waals surface area contributed by atoms with Crippen molar-refractivity contribution in [2.45, 2.75) is 45.4 Å². The number of methoxy groups -OCH3 is 1. The van der Waals surface area contributed by atoms with Crippen molar-refractivity contribution in [3.05, 3.63) is 63.7 Å². The van der Waals surface area contributed by atoms with Crippen LogP contribution < -0.4 is 10.1 Å². The van der Waals surface area contributed by atoms with Crippen LogP contribution in [0.15, 0.2) is 36.4 Å². The maximum Gasteiger partial charge on any atom is 0.230 e. The van der Waals surface area contributed by atoms with Crippen LogP contribution in [0.5, 0.6) is 5.75 Å². The molecule has 0 saturated carbocycles. The molecule has 0 unspecified atom stereocenters. The van der Waals surface area contributed by atoms with Crippen molar-refractivity contribution in [2.24, 2.45) is 0 Å². The van der Waals surface area contributed by atoms with Crippen LogP contribution in [0.4, 0.5) is 0 Å². The summed E-state index contributed by atoms with van der Waals surface area (Å²) in [7, 11) is 1.70. The Kier molecular flexibility index (Phi) is 8.06. The van der Waals surface area contributed by atoms with Crippen LogP contribution in [0.1, 0.15) is 55.0 Å². The fourth-order valence-corrected chi connectivity index (χ4v) is 3.94. The van der Waals surface area contributed by atoms with Crippen LogP contribution in [-0.4, -0.2) is 18.8 Å². The van der Waals surface area contributed by atoms with E-state index in [0.29, 0.717) is 11.7 Å². The molecule has 0 fully saturated rings.